The number of hydrogen-bond donors (Lipinski definition) is 1. The Labute approximate surface area is 163 Å². The minimum atomic E-state index is -4.71. The molecule has 8 nitrogen and oxygen atoms in total. The molecular formula is C18H19F3N6O2. The lowest BCUT2D eigenvalue weighted by molar-refractivity contribution is -0.143. The molecule has 1 N–H and O–H groups in total. The van der Waals surface area contributed by atoms with Crippen LogP contribution in [0.4, 0.5) is 13.2 Å². The smallest absolute Gasteiger partial charge is 0.352 e. The molecule has 3 aromatic rings. The molecule has 0 saturated heterocycles. The number of nitrogens with zero attached hydrogens (tertiary/aromatic N) is 5. The summed E-state index contributed by atoms with van der Waals surface area (Å²) in [5.74, 6) is -0.345. The van der Waals surface area contributed by atoms with Crippen molar-refractivity contribution in [3.05, 3.63) is 52.1 Å². The van der Waals surface area contributed by atoms with E-state index < -0.39 is 23.3 Å². The summed E-state index contributed by atoms with van der Waals surface area (Å²) in [5, 5.41) is 13.4. The Bertz CT molecular complexity index is 1080. The molecule has 2 heterocycles. The zero-order valence-corrected chi connectivity index (χ0v) is 15.8. The Morgan fingerprint density at radius 3 is 2.69 bits per heavy atom. The number of pyridine rings is 1. The van der Waals surface area contributed by atoms with Crippen LogP contribution >= 0.6 is 0 Å². The number of benzene rings is 1. The molecule has 29 heavy (non-hydrogen) atoms. The predicted octanol–water partition coefficient (Wildman–Crippen LogP) is 1.91. The number of carbonyl (C=O) groups is 1. The lowest BCUT2D eigenvalue weighted by atomic mass is 10.1. The number of rotatable bonds is 6. The van der Waals surface area contributed by atoms with Gasteiger partial charge in [-0.15, -0.1) is 5.10 Å². The van der Waals surface area contributed by atoms with Gasteiger partial charge in [0.2, 0.25) is 5.91 Å². The Balaban J connectivity index is 1.84. The van der Waals surface area contributed by atoms with Crippen LogP contribution in [0, 0.1) is 6.92 Å². The van der Waals surface area contributed by atoms with Gasteiger partial charge in [0.1, 0.15) is 12.0 Å². The molecule has 0 radical (unpaired) electrons. The summed E-state index contributed by atoms with van der Waals surface area (Å²) < 4.78 is 43.1. The van der Waals surface area contributed by atoms with Crippen LogP contribution in [0.5, 0.6) is 0 Å². The summed E-state index contributed by atoms with van der Waals surface area (Å²) in [5.41, 5.74) is -0.797. The van der Waals surface area contributed by atoms with E-state index in [2.05, 4.69) is 20.8 Å². The number of carbonyl (C=O) groups excluding carboxylic acids is 1. The maximum Gasteiger partial charge on any atom is 0.431 e. The molecular weight excluding hydrogens is 389 g/mol. The van der Waals surface area contributed by atoms with Gasteiger partial charge in [-0.3, -0.25) is 9.59 Å². The number of fused-ring (bicyclic) bond motifs is 1. The van der Waals surface area contributed by atoms with Crippen molar-refractivity contribution in [2.24, 2.45) is 0 Å². The fraction of sp³-hybridized carbons (Fsp3) is 0.389. The van der Waals surface area contributed by atoms with E-state index in [1.165, 1.54) is 17.1 Å². The molecule has 1 atom stereocenters. The van der Waals surface area contributed by atoms with E-state index in [0.29, 0.717) is 6.07 Å². The normalized spacial score (nSPS) is 12.9. The van der Waals surface area contributed by atoms with Crippen molar-refractivity contribution >= 4 is 16.8 Å². The number of tetrazole rings is 1. The van der Waals surface area contributed by atoms with Crippen molar-refractivity contribution in [3.8, 4) is 0 Å². The van der Waals surface area contributed by atoms with Crippen molar-refractivity contribution < 1.29 is 18.0 Å². The number of alkyl halides is 3. The van der Waals surface area contributed by atoms with Gasteiger partial charge in [0.15, 0.2) is 5.43 Å². The summed E-state index contributed by atoms with van der Waals surface area (Å²) in [4.78, 5) is 24.3. The van der Waals surface area contributed by atoms with Gasteiger partial charge in [-0.05, 0) is 36.4 Å². The standard InChI is InChI=1S/C18H19F3N6O2/c1-11-3-4-14-13(7-11)15(28)8-16(18(19,20)21)27(14)9-12(2)23-17(29)5-6-26-10-22-24-25-26/h3-4,7-8,10,12H,5-6,9H2,1-2H3,(H,23,29)/t12-/m1/s1. The molecule has 0 unspecified atom stereocenters. The number of amides is 1. The summed E-state index contributed by atoms with van der Waals surface area (Å²) in [6.45, 7) is 3.46. The van der Waals surface area contributed by atoms with Gasteiger partial charge in [-0.1, -0.05) is 11.6 Å². The largest absolute Gasteiger partial charge is 0.431 e. The van der Waals surface area contributed by atoms with Gasteiger partial charge >= 0.3 is 6.18 Å². The zero-order chi connectivity index (χ0) is 21.2. The molecule has 1 amide bonds. The first kappa shape index (κ1) is 20.5. The van der Waals surface area contributed by atoms with Gasteiger partial charge in [0, 0.05) is 30.5 Å². The topological polar surface area (TPSA) is 94.7 Å². The Kier molecular flexibility index (Phi) is 5.66. The SMILES string of the molecule is Cc1ccc2c(c1)c(=O)cc(C(F)(F)F)n2C[C@@H](C)NC(=O)CCn1cnnn1. The maximum atomic E-state index is 13.6. The molecule has 2 aromatic heterocycles. The number of aromatic nitrogens is 5. The van der Waals surface area contributed by atoms with E-state index in [-0.39, 0.29) is 36.3 Å². The van der Waals surface area contributed by atoms with Gasteiger partial charge < -0.3 is 9.88 Å². The van der Waals surface area contributed by atoms with Crippen molar-refractivity contribution in [2.75, 3.05) is 0 Å². The first-order valence-electron chi connectivity index (χ1n) is 8.86. The third-order valence-electron chi connectivity index (χ3n) is 4.38. The number of nitrogens with one attached hydrogen (secondary N) is 1. The molecule has 0 spiro atoms. The number of halogens is 3. The third-order valence-corrected chi connectivity index (χ3v) is 4.38. The highest BCUT2D eigenvalue weighted by molar-refractivity contribution is 5.80. The monoisotopic (exact) mass is 408 g/mol. The van der Waals surface area contributed by atoms with E-state index >= 15 is 0 Å². The summed E-state index contributed by atoms with van der Waals surface area (Å²) in [7, 11) is 0. The molecule has 11 heteroatoms. The third kappa shape index (κ3) is 4.79. The van der Waals surface area contributed by atoms with E-state index in [1.807, 2.05) is 0 Å². The minimum Gasteiger partial charge on any atom is -0.352 e. The number of hydrogen-bond acceptors (Lipinski definition) is 5. The first-order chi connectivity index (χ1) is 13.6. The maximum absolute atomic E-state index is 13.6. The first-order valence-corrected chi connectivity index (χ1v) is 8.86. The van der Waals surface area contributed by atoms with Crippen LogP contribution in [0.25, 0.3) is 10.9 Å². The molecule has 154 valence electrons. The van der Waals surface area contributed by atoms with Crippen molar-refractivity contribution in [3.63, 3.8) is 0 Å². The molecule has 0 bridgehead atoms. The molecule has 0 saturated carbocycles. The Morgan fingerprint density at radius 2 is 2.03 bits per heavy atom. The fourth-order valence-corrected chi connectivity index (χ4v) is 3.09. The number of aryl methyl sites for hydroxylation is 2. The lowest BCUT2D eigenvalue weighted by Gasteiger charge is -2.22. The molecule has 0 fully saturated rings. The van der Waals surface area contributed by atoms with Gasteiger partial charge in [0.25, 0.3) is 0 Å². The second kappa shape index (κ2) is 8.02. The summed E-state index contributed by atoms with van der Waals surface area (Å²) >= 11 is 0. The fourth-order valence-electron chi connectivity index (χ4n) is 3.09. The van der Waals surface area contributed by atoms with Crippen LogP contribution in [0.2, 0.25) is 0 Å². The van der Waals surface area contributed by atoms with Crippen molar-refractivity contribution in [2.45, 2.75) is 45.6 Å². The van der Waals surface area contributed by atoms with E-state index in [4.69, 9.17) is 0 Å². The van der Waals surface area contributed by atoms with Crippen LogP contribution in [-0.2, 0) is 24.1 Å². The minimum absolute atomic E-state index is 0.0750. The molecule has 3 rings (SSSR count). The lowest BCUT2D eigenvalue weighted by Crippen LogP contribution is -2.37. The van der Waals surface area contributed by atoms with Gasteiger partial charge in [-0.2, -0.15) is 13.2 Å². The van der Waals surface area contributed by atoms with Crippen LogP contribution < -0.4 is 10.7 Å². The van der Waals surface area contributed by atoms with E-state index in [9.17, 15) is 22.8 Å². The highest BCUT2D eigenvalue weighted by atomic mass is 19.4. The van der Waals surface area contributed by atoms with Crippen LogP contribution in [-0.4, -0.2) is 36.7 Å². The van der Waals surface area contributed by atoms with Gasteiger partial charge in [0.05, 0.1) is 12.1 Å². The van der Waals surface area contributed by atoms with Crippen molar-refractivity contribution in [1.82, 2.24) is 30.1 Å². The average molecular weight is 408 g/mol. The Morgan fingerprint density at radius 1 is 1.28 bits per heavy atom. The Hall–Kier alpha value is -3.24. The molecule has 0 aliphatic rings. The highest BCUT2D eigenvalue weighted by Crippen LogP contribution is 2.30. The molecule has 0 aliphatic carbocycles. The second-order valence-electron chi connectivity index (χ2n) is 6.81. The molecule has 1 aromatic carbocycles. The zero-order valence-electron chi connectivity index (χ0n) is 15.8. The summed E-state index contributed by atoms with van der Waals surface area (Å²) in [6.07, 6.45) is -3.27. The predicted molar refractivity (Wildman–Crippen MR) is 98.0 cm³/mol. The van der Waals surface area contributed by atoms with Crippen LogP contribution in [0.15, 0.2) is 35.4 Å². The van der Waals surface area contributed by atoms with Crippen molar-refractivity contribution in [1.29, 1.82) is 0 Å². The van der Waals surface area contributed by atoms with Crippen LogP contribution in [0.3, 0.4) is 0 Å². The highest BCUT2D eigenvalue weighted by Gasteiger charge is 2.35. The van der Waals surface area contributed by atoms with E-state index in [0.717, 1.165) is 10.1 Å². The van der Waals surface area contributed by atoms with Crippen LogP contribution in [0.1, 0.15) is 24.6 Å². The van der Waals surface area contributed by atoms with Gasteiger partial charge in [-0.25, -0.2) is 4.68 Å². The second-order valence-corrected chi connectivity index (χ2v) is 6.81. The molecule has 0 aliphatic heterocycles. The average Bonchev–Trinajstić information content (AvgIpc) is 3.15. The van der Waals surface area contributed by atoms with E-state index in [1.54, 1.807) is 26.0 Å². The summed E-state index contributed by atoms with van der Waals surface area (Å²) in [6, 6.07) is 4.70. The quantitative estimate of drug-likeness (QED) is 0.672.